The van der Waals surface area contributed by atoms with Crippen LogP contribution in [0.5, 0.6) is 0 Å². The second-order valence-electron chi connectivity index (χ2n) is 5.20. The first-order valence-corrected chi connectivity index (χ1v) is 7.22. The highest BCUT2D eigenvalue weighted by Gasteiger charge is 2.30. The van der Waals surface area contributed by atoms with E-state index in [4.69, 9.17) is 5.26 Å². The van der Waals surface area contributed by atoms with Gasteiger partial charge in [0.05, 0.1) is 22.9 Å². The van der Waals surface area contributed by atoms with E-state index in [2.05, 4.69) is 4.98 Å². The Kier molecular flexibility index (Phi) is 4.60. The smallest absolute Gasteiger partial charge is 0.178 e. The van der Waals surface area contributed by atoms with Gasteiger partial charge in [0.2, 0.25) is 0 Å². The lowest BCUT2D eigenvalue weighted by atomic mass is 10.1. The summed E-state index contributed by atoms with van der Waals surface area (Å²) >= 11 is 0. The van der Waals surface area contributed by atoms with Crippen molar-refractivity contribution in [3.05, 3.63) is 83.4 Å². The molecule has 1 atom stereocenters. The third-order valence-electron chi connectivity index (χ3n) is 3.64. The number of hydrogen-bond acceptors (Lipinski definition) is 4. The van der Waals surface area contributed by atoms with Crippen LogP contribution in [0.15, 0.2) is 49.1 Å². The van der Waals surface area contributed by atoms with Crippen LogP contribution in [0.2, 0.25) is 0 Å². The summed E-state index contributed by atoms with van der Waals surface area (Å²) in [4.78, 5) is 3.78. The normalized spacial score (nSPS) is 11.8. The summed E-state index contributed by atoms with van der Waals surface area (Å²) in [5.41, 5.74) is -0.693. The van der Waals surface area contributed by atoms with E-state index < -0.39 is 35.1 Å². The number of aliphatic hydroxyl groups is 1. The van der Waals surface area contributed by atoms with Crippen molar-refractivity contribution in [1.29, 1.82) is 5.26 Å². The van der Waals surface area contributed by atoms with Gasteiger partial charge in [-0.1, -0.05) is 0 Å². The van der Waals surface area contributed by atoms with Gasteiger partial charge in [0.25, 0.3) is 0 Å². The first kappa shape index (κ1) is 17.4. The second-order valence-corrected chi connectivity index (χ2v) is 5.20. The number of anilines is 1. The summed E-state index contributed by atoms with van der Waals surface area (Å²) in [6.45, 7) is 0. The molecule has 1 N–H and O–H groups in total. The summed E-state index contributed by atoms with van der Waals surface area (Å²) < 4.78 is 56.4. The minimum Gasteiger partial charge on any atom is -0.368 e. The maximum absolute atomic E-state index is 14.1. The molecule has 1 heterocycles. The third-order valence-corrected chi connectivity index (χ3v) is 3.64. The molecule has 3 rings (SSSR count). The van der Waals surface area contributed by atoms with Gasteiger partial charge in [-0.2, -0.15) is 5.26 Å². The molecule has 0 radical (unpaired) electrons. The maximum Gasteiger partial charge on any atom is 0.178 e. The molecule has 0 saturated heterocycles. The van der Waals surface area contributed by atoms with Crippen molar-refractivity contribution in [3.63, 3.8) is 0 Å². The van der Waals surface area contributed by atoms with E-state index >= 15 is 0 Å². The molecular weight excluding hydrogens is 352 g/mol. The zero-order valence-corrected chi connectivity index (χ0v) is 12.9. The van der Waals surface area contributed by atoms with Crippen molar-refractivity contribution >= 4 is 5.69 Å². The van der Waals surface area contributed by atoms with E-state index in [1.54, 1.807) is 0 Å². The van der Waals surface area contributed by atoms with Crippen LogP contribution in [-0.4, -0.2) is 14.8 Å². The highest BCUT2D eigenvalue weighted by Crippen LogP contribution is 2.31. The Hall–Kier alpha value is -3.38. The molecule has 1 aromatic heterocycles. The van der Waals surface area contributed by atoms with Gasteiger partial charge in [0.15, 0.2) is 29.5 Å². The standard InChI is InChI=1S/C17H10F4N4O/c18-12-7-13(19)16(21)14(15(12)20)17(26)25(24-6-5-23-9-24)11-3-1-10(8-22)2-4-11/h1-7,9,17,26H. The average Bonchev–Trinajstić information content (AvgIpc) is 3.15. The molecule has 9 heteroatoms. The number of halogens is 4. The predicted molar refractivity (Wildman–Crippen MR) is 82.5 cm³/mol. The predicted octanol–water partition coefficient (Wildman–Crippen LogP) is 3.27. The lowest BCUT2D eigenvalue weighted by molar-refractivity contribution is 0.148. The Bertz CT molecular complexity index is 942. The third kappa shape index (κ3) is 2.98. The van der Waals surface area contributed by atoms with Crippen LogP contribution in [0, 0.1) is 34.6 Å². The largest absolute Gasteiger partial charge is 0.368 e. The Morgan fingerprint density at radius 3 is 2.19 bits per heavy atom. The van der Waals surface area contributed by atoms with Crippen LogP contribution < -0.4 is 5.01 Å². The van der Waals surface area contributed by atoms with Gasteiger partial charge in [-0.05, 0) is 24.3 Å². The number of nitrogens with zero attached hydrogens (tertiary/aromatic N) is 4. The van der Waals surface area contributed by atoms with E-state index in [0.29, 0.717) is 5.56 Å². The van der Waals surface area contributed by atoms with E-state index in [1.165, 1.54) is 47.7 Å². The molecule has 132 valence electrons. The Morgan fingerprint density at radius 1 is 1.08 bits per heavy atom. The van der Waals surface area contributed by atoms with Gasteiger partial charge < -0.3 is 5.11 Å². The zero-order valence-electron chi connectivity index (χ0n) is 12.9. The van der Waals surface area contributed by atoms with Gasteiger partial charge in [-0.3, -0.25) is 0 Å². The van der Waals surface area contributed by atoms with E-state index in [9.17, 15) is 22.7 Å². The number of nitriles is 1. The lowest BCUT2D eigenvalue weighted by Crippen LogP contribution is -2.34. The molecule has 0 fully saturated rings. The lowest BCUT2D eigenvalue weighted by Gasteiger charge is -2.31. The number of aliphatic hydroxyl groups excluding tert-OH is 1. The first-order chi connectivity index (χ1) is 12.4. The van der Waals surface area contributed by atoms with Gasteiger partial charge in [0.1, 0.15) is 6.33 Å². The fraction of sp³-hybridized carbons (Fsp3) is 0.0588. The Balaban J connectivity index is 2.16. The van der Waals surface area contributed by atoms with Gasteiger partial charge in [-0.15, -0.1) is 0 Å². The average molecular weight is 362 g/mol. The van der Waals surface area contributed by atoms with Crippen molar-refractivity contribution in [2.24, 2.45) is 0 Å². The molecule has 0 aliphatic rings. The Labute approximate surface area is 144 Å². The molecule has 0 aliphatic carbocycles. The fourth-order valence-electron chi connectivity index (χ4n) is 2.41. The van der Waals surface area contributed by atoms with Crippen LogP contribution >= 0.6 is 0 Å². The summed E-state index contributed by atoms with van der Waals surface area (Å²) in [6, 6.07) is 7.57. The molecule has 0 aliphatic heterocycles. The quantitative estimate of drug-likeness (QED) is 0.440. The number of benzene rings is 2. The molecule has 2 aromatic carbocycles. The number of hydrogen-bond donors (Lipinski definition) is 1. The van der Waals surface area contributed by atoms with Gasteiger partial charge in [-0.25, -0.2) is 32.2 Å². The van der Waals surface area contributed by atoms with Crippen LogP contribution in [-0.2, 0) is 0 Å². The highest BCUT2D eigenvalue weighted by molar-refractivity contribution is 5.51. The number of rotatable bonds is 4. The van der Waals surface area contributed by atoms with Gasteiger partial charge >= 0.3 is 0 Å². The summed E-state index contributed by atoms with van der Waals surface area (Å²) in [7, 11) is 0. The Morgan fingerprint density at radius 2 is 1.69 bits per heavy atom. The molecule has 0 saturated carbocycles. The minimum absolute atomic E-state index is 0.0597. The molecule has 0 spiro atoms. The molecule has 5 nitrogen and oxygen atoms in total. The topological polar surface area (TPSA) is 65.1 Å². The molecule has 0 bridgehead atoms. The zero-order chi connectivity index (χ0) is 18.8. The van der Waals surface area contributed by atoms with Crippen LogP contribution in [0.4, 0.5) is 23.2 Å². The van der Waals surface area contributed by atoms with Crippen LogP contribution in [0.25, 0.3) is 0 Å². The maximum atomic E-state index is 14.1. The first-order valence-electron chi connectivity index (χ1n) is 7.22. The van der Waals surface area contributed by atoms with E-state index in [-0.39, 0.29) is 11.8 Å². The van der Waals surface area contributed by atoms with Crippen molar-refractivity contribution < 1.29 is 22.7 Å². The SMILES string of the molecule is N#Cc1ccc(N(C(O)c2c(F)c(F)cc(F)c2F)n2ccnc2)cc1. The summed E-state index contributed by atoms with van der Waals surface area (Å²) in [5.74, 6) is -6.70. The molecule has 0 amide bonds. The summed E-state index contributed by atoms with van der Waals surface area (Å²) in [6.07, 6.45) is 1.78. The number of imidazole rings is 1. The molecular formula is C17H10F4N4O. The summed E-state index contributed by atoms with van der Waals surface area (Å²) in [5, 5.41) is 20.4. The highest BCUT2D eigenvalue weighted by atomic mass is 19.2. The van der Waals surface area contributed by atoms with E-state index in [1.807, 2.05) is 6.07 Å². The molecule has 26 heavy (non-hydrogen) atoms. The van der Waals surface area contributed by atoms with E-state index in [0.717, 1.165) is 5.01 Å². The van der Waals surface area contributed by atoms with Crippen LogP contribution in [0.3, 0.4) is 0 Å². The second kappa shape index (κ2) is 6.85. The monoisotopic (exact) mass is 362 g/mol. The number of aromatic nitrogens is 2. The van der Waals surface area contributed by atoms with Crippen molar-refractivity contribution in [3.8, 4) is 6.07 Å². The van der Waals surface area contributed by atoms with Gasteiger partial charge in [0, 0.05) is 18.5 Å². The van der Waals surface area contributed by atoms with Crippen molar-refractivity contribution in [2.75, 3.05) is 5.01 Å². The van der Waals surface area contributed by atoms with Crippen molar-refractivity contribution in [2.45, 2.75) is 6.23 Å². The van der Waals surface area contributed by atoms with Crippen molar-refractivity contribution in [1.82, 2.24) is 9.66 Å². The molecule has 3 aromatic rings. The molecule has 1 unspecified atom stereocenters. The fourth-order valence-corrected chi connectivity index (χ4v) is 2.41. The minimum atomic E-state index is -2.12. The van der Waals surface area contributed by atoms with Crippen LogP contribution in [0.1, 0.15) is 17.4 Å².